The molecule has 0 saturated carbocycles. The molecule has 5 rings (SSSR count). The number of cyclic esters (lactones) is 1. The number of rotatable bonds is 6. The topological polar surface area (TPSA) is 74.9 Å². The van der Waals surface area contributed by atoms with Crippen LogP contribution in [0.4, 0.5) is 0 Å². The Kier molecular flexibility index (Phi) is 5.50. The summed E-state index contributed by atoms with van der Waals surface area (Å²) in [6.07, 6.45) is 3.59. The lowest BCUT2D eigenvalue weighted by Crippen LogP contribution is -2.06. The Morgan fingerprint density at radius 2 is 1.82 bits per heavy atom. The summed E-state index contributed by atoms with van der Waals surface area (Å²) < 4.78 is 17.9. The van der Waals surface area contributed by atoms with Crippen molar-refractivity contribution in [2.45, 2.75) is 0 Å². The van der Waals surface area contributed by atoms with E-state index in [1.54, 1.807) is 54.5 Å². The summed E-state index contributed by atoms with van der Waals surface area (Å²) in [6, 6.07) is 19.0. The lowest BCUT2D eigenvalue weighted by molar-refractivity contribution is -0.129. The molecule has 7 nitrogen and oxygen atoms in total. The van der Waals surface area contributed by atoms with Gasteiger partial charge in [-0.3, -0.25) is 0 Å². The van der Waals surface area contributed by atoms with Crippen molar-refractivity contribution in [3.8, 4) is 27.8 Å². The van der Waals surface area contributed by atoms with Gasteiger partial charge in [0.25, 0.3) is 0 Å². The maximum atomic E-state index is 12.6. The van der Waals surface area contributed by atoms with Crippen LogP contribution in [-0.4, -0.2) is 35.9 Å². The van der Waals surface area contributed by atoms with Crippen LogP contribution in [0.5, 0.6) is 11.5 Å². The normalized spacial score (nSPS) is 14.3. The van der Waals surface area contributed by atoms with Crippen LogP contribution in [0.3, 0.4) is 0 Å². The maximum Gasteiger partial charge on any atom is 0.363 e. The van der Waals surface area contributed by atoms with Gasteiger partial charge in [0.15, 0.2) is 17.2 Å². The smallest absolute Gasteiger partial charge is 0.363 e. The number of methoxy groups -OCH3 is 2. The minimum absolute atomic E-state index is 0.199. The average molecular weight is 458 g/mol. The number of benzene rings is 2. The van der Waals surface area contributed by atoms with Crippen molar-refractivity contribution < 1.29 is 19.0 Å². The molecule has 1 aliphatic rings. The van der Waals surface area contributed by atoms with E-state index in [1.165, 1.54) is 0 Å². The Hall–Kier alpha value is -4.17. The van der Waals surface area contributed by atoms with Crippen molar-refractivity contribution in [1.29, 1.82) is 0 Å². The number of carbonyl (C=O) groups excluding carboxylic acids is 1. The molecule has 2 aromatic heterocycles. The second kappa shape index (κ2) is 8.76. The number of esters is 1. The first kappa shape index (κ1) is 20.7. The fraction of sp³-hybridized carbons (Fsp3) is 0.0800. The van der Waals surface area contributed by atoms with Crippen molar-refractivity contribution in [2.75, 3.05) is 14.2 Å². The molecule has 2 aromatic carbocycles. The van der Waals surface area contributed by atoms with Crippen LogP contribution in [0, 0.1) is 0 Å². The number of thiophene rings is 1. The Labute approximate surface area is 194 Å². The van der Waals surface area contributed by atoms with Crippen molar-refractivity contribution in [1.82, 2.24) is 9.78 Å². The molecule has 0 radical (unpaired) electrons. The fourth-order valence-electron chi connectivity index (χ4n) is 3.46. The van der Waals surface area contributed by atoms with E-state index in [4.69, 9.17) is 19.3 Å². The molecule has 0 unspecified atom stereocenters. The predicted molar refractivity (Wildman–Crippen MR) is 127 cm³/mol. The first-order chi connectivity index (χ1) is 16.2. The zero-order valence-corrected chi connectivity index (χ0v) is 18.7. The first-order valence-electron chi connectivity index (χ1n) is 10.1. The van der Waals surface area contributed by atoms with Crippen molar-refractivity contribution in [3.63, 3.8) is 0 Å². The SMILES string of the molecule is COc1ccc(C2=NC(=Cc3cn(-c4ccccc4)nc3-c3cccs3)C(=O)O2)cc1OC. The standard InChI is InChI=1S/C25H19N3O4S/c1-30-20-11-10-16(14-21(20)31-2)24-26-19(25(29)32-24)13-17-15-28(18-7-4-3-5-8-18)27-23(17)22-9-6-12-33-22/h3-15H,1-2H3. The van der Waals surface area contributed by atoms with E-state index in [1.807, 2.05) is 54.0 Å². The highest BCUT2D eigenvalue weighted by molar-refractivity contribution is 7.13. The molecular weight excluding hydrogens is 438 g/mol. The number of carbonyl (C=O) groups is 1. The number of hydrogen-bond acceptors (Lipinski definition) is 7. The molecule has 0 saturated heterocycles. The summed E-state index contributed by atoms with van der Waals surface area (Å²) in [6.45, 7) is 0. The first-order valence-corrected chi connectivity index (χ1v) is 11.0. The number of para-hydroxylation sites is 1. The average Bonchev–Trinajstić information content (AvgIpc) is 3.60. The highest BCUT2D eigenvalue weighted by Crippen LogP contribution is 2.32. The van der Waals surface area contributed by atoms with Crippen molar-refractivity contribution >= 4 is 29.3 Å². The van der Waals surface area contributed by atoms with Gasteiger partial charge in [0.05, 0.1) is 24.8 Å². The quantitative estimate of drug-likeness (QED) is 0.302. The highest BCUT2D eigenvalue weighted by Gasteiger charge is 2.26. The molecule has 0 spiro atoms. The monoisotopic (exact) mass is 457 g/mol. The second-order valence-corrected chi connectivity index (χ2v) is 8.04. The Morgan fingerprint density at radius 1 is 1.00 bits per heavy atom. The lowest BCUT2D eigenvalue weighted by atomic mass is 10.2. The van der Waals surface area contributed by atoms with Gasteiger partial charge in [-0.25, -0.2) is 14.5 Å². The van der Waals surface area contributed by atoms with Gasteiger partial charge in [-0.2, -0.15) is 5.10 Å². The van der Waals surface area contributed by atoms with Gasteiger partial charge in [-0.15, -0.1) is 11.3 Å². The maximum absolute atomic E-state index is 12.6. The molecule has 3 heterocycles. The van der Waals surface area contributed by atoms with Crippen LogP contribution >= 0.6 is 11.3 Å². The molecule has 0 bridgehead atoms. The van der Waals surface area contributed by atoms with Gasteiger partial charge in [0.2, 0.25) is 5.90 Å². The summed E-state index contributed by atoms with van der Waals surface area (Å²) in [5.74, 6) is 0.788. The number of aliphatic imine (C=N–C) groups is 1. The molecule has 1 aliphatic heterocycles. The Bertz CT molecular complexity index is 1370. The van der Waals surface area contributed by atoms with Gasteiger partial charge in [-0.05, 0) is 47.9 Å². The molecule has 164 valence electrons. The van der Waals surface area contributed by atoms with Crippen LogP contribution in [0.2, 0.25) is 0 Å². The van der Waals surface area contributed by atoms with Crippen LogP contribution < -0.4 is 9.47 Å². The van der Waals surface area contributed by atoms with Crippen LogP contribution in [0.15, 0.2) is 82.9 Å². The predicted octanol–water partition coefficient (Wildman–Crippen LogP) is 4.96. The molecule has 0 N–H and O–H groups in total. The molecule has 0 atom stereocenters. The Morgan fingerprint density at radius 3 is 2.55 bits per heavy atom. The summed E-state index contributed by atoms with van der Waals surface area (Å²) >= 11 is 1.58. The highest BCUT2D eigenvalue weighted by atomic mass is 32.1. The third-order valence-corrected chi connectivity index (χ3v) is 5.94. The largest absolute Gasteiger partial charge is 0.493 e. The van der Waals surface area contributed by atoms with Gasteiger partial charge in [0, 0.05) is 17.3 Å². The minimum atomic E-state index is -0.524. The molecule has 0 amide bonds. The third-order valence-electron chi connectivity index (χ3n) is 5.06. The zero-order chi connectivity index (χ0) is 22.8. The Balaban J connectivity index is 1.55. The summed E-state index contributed by atoms with van der Waals surface area (Å²) in [5.41, 5.74) is 3.27. The van der Waals surface area contributed by atoms with E-state index in [0.29, 0.717) is 17.1 Å². The third kappa shape index (κ3) is 4.04. The van der Waals surface area contributed by atoms with E-state index >= 15 is 0 Å². The molecular formula is C25H19N3O4S. The van der Waals surface area contributed by atoms with Crippen LogP contribution in [0.25, 0.3) is 22.3 Å². The number of nitrogens with zero attached hydrogens (tertiary/aromatic N) is 3. The number of aromatic nitrogens is 2. The van der Waals surface area contributed by atoms with E-state index < -0.39 is 5.97 Å². The van der Waals surface area contributed by atoms with Crippen molar-refractivity contribution in [2.24, 2.45) is 4.99 Å². The molecule has 0 aliphatic carbocycles. The summed E-state index contributed by atoms with van der Waals surface area (Å²) in [7, 11) is 3.11. The van der Waals surface area contributed by atoms with Gasteiger partial charge < -0.3 is 14.2 Å². The minimum Gasteiger partial charge on any atom is -0.493 e. The van der Waals surface area contributed by atoms with E-state index in [-0.39, 0.29) is 11.6 Å². The summed E-state index contributed by atoms with van der Waals surface area (Å²) in [4.78, 5) is 18.1. The molecule has 8 heteroatoms. The van der Waals surface area contributed by atoms with Gasteiger partial charge in [0.1, 0.15) is 5.69 Å². The number of ether oxygens (including phenoxy) is 3. The fourth-order valence-corrected chi connectivity index (χ4v) is 4.19. The molecule has 33 heavy (non-hydrogen) atoms. The van der Waals surface area contributed by atoms with Gasteiger partial charge in [-0.1, -0.05) is 24.3 Å². The van der Waals surface area contributed by atoms with Gasteiger partial charge >= 0.3 is 5.97 Å². The summed E-state index contributed by atoms with van der Waals surface area (Å²) in [5, 5.41) is 6.75. The van der Waals surface area contributed by atoms with Crippen LogP contribution in [0.1, 0.15) is 11.1 Å². The number of hydrogen-bond donors (Lipinski definition) is 0. The van der Waals surface area contributed by atoms with E-state index in [9.17, 15) is 4.79 Å². The lowest BCUT2D eigenvalue weighted by Gasteiger charge is -2.08. The molecule has 4 aromatic rings. The van der Waals surface area contributed by atoms with E-state index in [0.717, 1.165) is 21.8 Å². The zero-order valence-electron chi connectivity index (χ0n) is 17.9. The van der Waals surface area contributed by atoms with Crippen molar-refractivity contribution in [3.05, 3.63) is 89.1 Å². The molecule has 0 fully saturated rings. The van der Waals surface area contributed by atoms with Crippen LogP contribution in [-0.2, 0) is 9.53 Å². The second-order valence-electron chi connectivity index (χ2n) is 7.10. The van der Waals surface area contributed by atoms with E-state index in [2.05, 4.69) is 4.99 Å².